The first kappa shape index (κ1) is 8.69. The molecule has 1 aromatic carbocycles. The van der Waals surface area contributed by atoms with Gasteiger partial charge in [-0.1, -0.05) is 30.3 Å². The molecular weight excluding hydrogens is 176 g/mol. The van der Waals surface area contributed by atoms with Gasteiger partial charge in [0.05, 0.1) is 0 Å². The third-order valence-electron chi connectivity index (χ3n) is 2.00. The summed E-state index contributed by atoms with van der Waals surface area (Å²) in [7, 11) is 0. The van der Waals surface area contributed by atoms with Crippen LogP contribution in [0.25, 0.3) is 0 Å². The Bertz CT molecular complexity index is 415. The van der Waals surface area contributed by atoms with Crippen LogP contribution in [0.3, 0.4) is 0 Å². The fourth-order valence-electron chi connectivity index (χ4n) is 1.29. The summed E-state index contributed by atoms with van der Waals surface area (Å²) in [6, 6.07) is 9.91. The molecule has 1 N–H and O–H groups in total. The maximum absolute atomic E-state index is 9.42. The van der Waals surface area contributed by atoms with Crippen LogP contribution in [0.15, 0.2) is 42.9 Å². The quantitative estimate of drug-likeness (QED) is 0.777. The zero-order valence-corrected chi connectivity index (χ0v) is 7.59. The van der Waals surface area contributed by atoms with Gasteiger partial charge in [-0.25, -0.2) is 9.97 Å². The highest BCUT2D eigenvalue weighted by atomic mass is 16.3. The molecule has 1 aromatic heterocycles. The van der Waals surface area contributed by atoms with Crippen molar-refractivity contribution in [3.8, 4) is 5.88 Å². The van der Waals surface area contributed by atoms with Crippen LogP contribution in [0.5, 0.6) is 5.88 Å². The van der Waals surface area contributed by atoms with Gasteiger partial charge in [-0.3, -0.25) is 0 Å². The van der Waals surface area contributed by atoms with Gasteiger partial charge in [0.15, 0.2) is 0 Å². The number of hydrogen-bond donors (Lipinski definition) is 1. The number of hydrogen-bond acceptors (Lipinski definition) is 3. The Labute approximate surface area is 82.1 Å². The third kappa shape index (κ3) is 1.88. The highest BCUT2D eigenvalue weighted by Gasteiger charge is 2.02. The van der Waals surface area contributed by atoms with Gasteiger partial charge in [-0.2, -0.15) is 0 Å². The predicted octanol–water partition coefficient (Wildman–Crippen LogP) is 1.77. The van der Waals surface area contributed by atoms with E-state index >= 15 is 0 Å². The van der Waals surface area contributed by atoms with Crippen LogP contribution >= 0.6 is 0 Å². The first-order valence-corrected chi connectivity index (χ1v) is 4.38. The second-order valence-electron chi connectivity index (χ2n) is 3.03. The van der Waals surface area contributed by atoms with Crippen LogP contribution < -0.4 is 0 Å². The van der Waals surface area contributed by atoms with Crippen molar-refractivity contribution in [1.82, 2.24) is 9.97 Å². The topological polar surface area (TPSA) is 46.0 Å². The zero-order chi connectivity index (χ0) is 9.80. The fraction of sp³-hybridized carbons (Fsp3) is 0.0909. The molecule has 0 bridgehead atoms. The highest BCUT2D eigenvalue weighted by molar-refractivity contribution is 5.29. The average Bonchev–Trinajstić information content (AvgIpc) is 2.23. The Hall–Kier alpha value is -1.90. The van der Waals surface area contributed by atoms with Gasteiger partial charge in [-0.15, -0.1) is 0 Å². The van der Waals surface area contributed by atoms with Gasteiger partial charge in [0.2, 0.25) is 5.88 Å². The molecule has 3 nitrogen and oxygen atoms in total. The molecule has 2 rings (SSSR count). The Balaban J connectivity index is 2.24. The molecule has 1 heterocycles. The van der Waals surface area contributed by atoms with Gasteiger partial charge in [0.25, 0.3) is 0 Å². The molecule has 0 fully saturated rings. The van der Waals surface area contributed by atoms with Crippen LogP contribution in [0.4, 0.5) is 0 Å². The number of aromatic nitrogens is 2. The van der Waals surface area contributed by atoms with E-state index < -0.39 is 0 Å². The molecule has 0 saturated carbocycles. The van der Waals surface area contributed by atoms with E-state index in [0.717, 1.165) is 11.1 Å². The van der Waals surface area contributed by atoms with Crippen molar-refractivity contribution < 1.29 is 5.11 Å². The van der Waals surface area contributed by atoms with E-state index in [-0.39, 0.29) is 5.88 Å². The van der Waals surface area contributed by atoms with Crippen molar-refractivity contribution in [2.75, 3.05) is 0 Å². The zero-order valence-electron chi connectivity index (χ0n) is 7.59. The van der Waals surface area contributed by atoms with E-state index in [4.69, 9.17) is 0 Å². The Morgan fingerprint density at radius 1 is 1.14 bits per heavy atom. The minimum atomic E-state index is 0.0591. The number of benzene rings is 1. The van der Waals surface area contributed by atoms with Crippen LogP contribution in [-0.4, -0.2) is 15.1 Å². The van der Waals surface area contributed by atoms with Crippen molar-refractivity contribution in [1.29, 1.82) is 0 Å². The molecule has 0 atom stereocenters. The van der Waals surface area contributed by atoms with Crippen LogP contribution in [0.1, 0.15) is 11.1 Å². The van der Waals surface area contributed by atoms with Gasteiger partial charge in [-0.05, 0) is 5.56 Å². The Morgan fingerprint density at radius 2 is 1.93 bits per heavy atom. The molecule has 0 radical (unpaired) electrons. The number of rotatable bonds is 2. The normalized spacial score (nSPS) is 10.0. The molecule has 0 unspecified atom stereocenters. The largest absolute Gasteiger partial charge is 0.493 e. The molecule has 14 heavy (non-hydrogen) atoms. The van der Waals surface area contributed by atoms with Gasteiger partial charge in [0.1, 0.15) is 6.33 Å². The second-order valence-corrected chi connectivity index (χ2v) is 3.03. The van der Waals surface area contributed by atoms with Crippen molar-refractivity contribution in [3.63, 3.8) is 0 Å². The molecule has 3 heteroatoms. The van der Waals surface area contributed by atoms with Crippen LogP contribution in [0, 0.1) is 0 Å². The van der Waals surface area contributed by atoms with Gasteiger partial charge < -0.3 is 5.11 Å². The van der Waals surface area contributed by atoms with E-state index in [2.05, 4.69) is 9.97 Å². The van der Waals surface area contributed by atoms with Gasteiger partial charge >= 0.3 is 0 Å². The van der Waals surface area contributed by atoms with Crippen LogP contribution in [0.2, 0.25) is 0 Å². The SMILES string of the molecule is Oc1ncncc1Cc1ccccc1. The fourth-order valence-corrected chi connectivity index (χ4v) is 1.29. The average molecular weight is 186 g/mol. The van der Waals surface area contributed by atoms with E-state index in [9.17, 15) is 5.11 Å². The summed E-state index contributed by atoms with van der Waals surface area (Å²) in [6.45, 7) is 0. The van der Waals surface area contributed by atoms with Crippen molar-refractivity contribution in [2.45, 2.75) is 6.42 Å². The van der Waals surface area contributed by atoms with Crippen molar-refractivity contribution >= 4 is 0 Å². The summed E-state index contributed by atoms with van der Waals surface area (Å²) in [5.41, 5.74) is 1.89. The summed E-state index contributed by atoms with van der Waals surface area (Å²) in [4.78, 5) is 7.59. The molecule has 0 spiro atoms. The monoisotopic (exact) mass is 186 g/mol. The molecule has 70 valence electrons. The van der Waals surface area contributed by atoms with Crippen LogP contribution in [-0.2, 0) is 6.42 Å². The molecule has 0 aliphatic carbocycles. The predicted molar refractivity (Wildman–Crippen MR) is 52.9 cm³/mol. The minimum Gasteiger partial charge on any atom is -0.493 e. The van der Waals surface area contributed by atoms with E-state index in [0.29, 0.717) is 6.42 Å². The molecule has 0 aliphatic rings. The summed E-state index contributed by atoms with van der Waals surface area (Å²) < 4.78 is 0. The van der Waals surface area contributed by atoms with E-state index in [1.54, 1.807) is 6.20 Å². The lowest BCUT2D eigenvalue weighted by Crippen LogP contribution is -1.91. The molecular formula is C11H10N2O. The molecule has 0 aliphatic heterocycles. The summed E-state index contributed by atoms with van der Waals surface area (Å²) >= 11 is 0. The molecule has 2 aromatic rings. The van der Waals surface area contributed by atoms with Gasteiger partial charge in [0, 0.05) is 18.2 Å². The first-order chi connectivity index (χ1) is 6.86. The lowest BCUT2D eigenvalue weighted by atomic mass is 10.1. The second kappa shape index (κ2) is 3.87. The van der Waals surface area contributed by atoms with E-state index in [1.165, 1.54) is 6.33 Å². The van der Waals surface area contributed by atoms with Crippen molar-refractivity contribution in [2.24, 2.45) is 0 Å². The summed E-state index contributed by atoms with van der Waals surface area (Å²) in [5.74, 6) is 0.0591. The van der Waals surface area contributed by atoms with E-state index in [1.807, 2.05) is 30.3 Å². The van der Waals surface area contributed by atoms with Crippen molar-refractivity contribution in [3.05, 3.63) is 54.0 Å². The maximum atomic E-state index is 9.42. The Kier molecular flexibility index (Phi) is 2.40. The number of aromatic hydroxyl groups is 1. The maximum Gasteiger partial charge on any atom is 0.217 e. The smallest absolute Gasteiger partial charge is 0.217 e. The summed E-state index contributed by atoms with van der Waals surface area (Å²) in [5, 5.41) is 9.42. The Morgan fingerprint density at radius 3 is 2.64 bits per heavy atom. The standard InChI is InChI=1S/C11H10N2O/c14-11-10(7-12-8-13-11)6-9-4-2-1-3-5-9/h1-5,7-8H,6H2,(H,12,13,14). The third-order valence-corrected chi connectivity index (χ3v) is 2.00. The minimum absolute atomic E-state index is 0.0591. The lowest BCUT2D eigenvalue weighted by molar-refractivity contribution is 0.445. The summed E-state index contributed by atoms with van der Waals surface area (Å²) in [6.07, 6.45) is 3.63. The molecule has 0 saturated heterocycles. The number of nitrogens with zero attached hydrogens (tertiary/aromatic N) is 2. The first-order valence-electron chi connectivity index (χ1n) is 4.38. The molecule has 0 amide bonds. The highest BCUT2D eigenvalue weighted by Crippen LogP contribution is 2.15. The lowest BCUT2D eigenvalue weighted by Gasteiger charge is -2.01.